The predicted molar refractivity (Wildman–Crippen MR) is 63.0 cm³/mol. The number of rotatable bonds is 2. The third-order valence-corrected chi connectivity index (χ3v) is 2.03. The van der Waals surface area contributed by atoms with E-state index in [2.05, 4.69) is 52.2 Å². The quantitative estimate of drug-likeness (QED) is 0.673. The topological polar surface area (TPSA) is 24.1 Å². The van der Waals surface area contributed by atoms with E-state index in [-0.39, 0.29) is 11.1 Å². The van der Waals surface area contributed by atoms with Crippen molar-refractivity contribution in [2.75, 3.05) is 0 Å². The first-order valence-electron chi connectivity index (χ1n) is 4.76. The minimum atomic E-state index is 0.0356. The molecule has 0 saturated heterocycles. The molecule has 0 atom stereocenters. The van der Waals surface area contributed by atoms with Crippen molar-refractivity contribution in [1.29, 1.82) is 0 Å². The van der Waals surface area contributed by atoms with Gasteiger partial charge < -0.3 is 10.6 Å². The molecule has 0 rings (SSSR count). The predicted octanol–water partition coefficient (Wildman–Crippen LogP) is 2.44. The molecule has 2 nitrogen and oxygen atoms in total. The van der Waals surface area contributed by atoms with Crippen LogP contribution in [0.25, 0.3) is 0 Å². The minimum Gasteiger partial charge on any atom is -0.358 e. The monoisotopic (exact) mass is 202 g/mol. The molecule has 0 aliphatic carbocycles. The molecule has 0 amide bonds. The molecule has 78 valence electrons. The molecule has 0 saturated carbocycles. The van der Waals surface area contributed by atoms with E-state index in [0.717, 1.165) is 11.5 Å². The largest absolute Gasteiger partial charge is 0.358 e. The van der Waals surface area contributed by atoms with E-state index in [9.17, 15) is 0 Å². The van der Waals surface area contributed by atoms with Crippen molar-refractivity contribution in [1.82, 2.24) is 10.6 Å². The molecule has 0 aliphatic heterocycles. The second-order valence-electron chi connectivity index (χ2n) is 5.07. The Morgan fingerprint density at radius 1 is 1.08 bits per heavy atom. The maximum atomic E-state index is 5.19. The Hall–Kier alpha value is -0.310. The van der Waals surface area contributed by atoms with E-state index in [1.807, 2.05) is 0 Å². The van der Waals surface area contributed by atoms with Crippen LogP contribution in [0.1, 0.15) is 48.0 Å². The minimum absolute atomic E-state index is 0.0356. The number of thiocarbonyl (C=S) groups is 1. The zero-order chi connectivity index (χ0) is 10.7. The average molecular weight is 202 g/mol. The summed E-state index contributed by atoms with van der Waals surface area (Å²) < 4.78 is 0. The third-order valence-electron chi connectivity index (χ3n) is 1.82. The maximum absolute atomic E-state index is 5.19. The van der Waals surface area contributed by atoms with Crippen LogP contribution in [-0.4, -0.2) is 16.2 Å². The fourth-order valence-electron chi connectivity index (χ4n) is 0.768. The van der Waals surface area contributed by atoms with E-state index >= 15 is 0 Å². The van der Waals surface area contributed by atoms with Crippen molar-refractivity contribution in [2.24, 2.45) is 0 Å². The van der Waals surface area contributed by atoms with Crippen molar-refractivity contribution in [3.8, 4) is 0 Å². The summed E-state index contributed by atoms with van der Waals surface area (Å²) in [6.07, 6.45) is 1.05. The molecule has 0 aromatic rings. The maximum Gasteiger partial charge on any atom is 0.167 e. The van der Waals surface area contributed by atoms with Gasteiger partial charge >= 0.3 is 0 Å². The van der Waals surface area contributed by atoms with Gasteiger partial charge in [-0.15, -0.1) is 0 Å². The van der Waals surface area contributed by atoms with E-state index in [4.69, 9.17) is 12.2 Å². The molecule has 2 N–H and O–H groups in total. The van der Waals surface area contributed by atoms with Gasteiger partial charge in [-0.3, -0.25) is 0 Å². The molecular weight excluding hydrogens is 180 g/mol. The van der Waals surface area contributed by atoms with Crippen molar-refractivity contribution < 1.29 is 0 Å². The van der Waals surface area contributed by atoms with Crippen molar-refractivity contribution in [3.05, 3.63) is 0 Å². The van der Waals surface area contributed by atoms with Crippen LogP contribution >= 0.6 is 12.2 Å². The summed E-state index contributed by atoms with van der Waals surface area (Å²) in [7, 11) is 0. The summed E-state index contributed by atoms with van der Waals surface area (Å²) in [5, 5.41) is 7.25. The van der Waals surface area contributed by atoms with Crippen molar-refractivity contribution in [2.45, 2.75) is 59.0 Å². The smallest absolute Gasteiger partial charge is 0.167 e. The lowest BCUT2D eigenvalue weighted by molar-refractivity contribution is 0.427. The molecule has 0 fully saturated rings. The lowest BCUT2D eigenvalue weighted by Crippen LogP contribution is -2.52. The molecule has 3 heteroatoms. The first-order chi connectivity index (χ1) is 5.66. The van der Waals surface area contributed by atoms with Crippen LogP contribution in [0.2, 0.25) is 0 Å². The lowest BCUT2D eigenvalue weighted by atomic mass is 10.0. The van der Waals surface area contributed by atoms with Gasteiger partial charge in [0.2, 0.25) is 0 Å². The van der Waals surface area contributed by atoms with Crippen LogP contribution in [-0.2, 0) is 0 Å². The average Bonchev–Trinajstić information content (AvgIpc) is 1.81. The molecule has 0 spiro atoms. The fourth-order valence-corrected chi connectivity index (χ4v) is 1.35. The Kier molecular flexibility index (Phi) is 4.17. The highest BCUT2D eigenvalue weighted by Gasteiger charge is 2.18. The summed E-state index contributed by atoms with van der Waals surface area (Å²) >= 11 is 5.19. The standard InChI is InChI=1S/C10H22N2S/c1-7-10(5,6)12-8(13)11-9(2,3)4/h7H2,1-6H3,(H2,11,12,13). The van der Waals surface area contributed by atoms with Gasteiger partial charge in [0.1, 0.15) is 0 Å². The molecular formula is C10H22N2S. The SMILES string of the molecule is CCC(C)(C)NC(=S)NC(C)(C)C. The molecule has 0 bridgehead atoms. The Labute approximate surface area is 87.5 Å². The first-order valence-corrected chi connectivity index (χ1v) is 5.17. The second-order valence-corrected chi connectivity index (χ2v) is 5.47. The highest BCUT2D eigenvalue weighted by Crippen LogP contribution is 2.07. The van der Waals surface area contributed by atoms with Gasteiger partial charge in [0.15, 0.2) is 5.11 Å². The fraction of sp³-hybridized carbons (Fsp3) is 0.900. The van der Waals surface area contributed by atoms with Gasteiger partial charge in [-0.2, -0.15) is 0 Å². The second kappa shape index (κ2) is 4.27. The number of nitrogens with one attached hydrogen (secondary N) is 2. The van der Waals surface area contributed by atoms with Crippen LogP contribution in [0.15, 0.2) is 0 Å². The lowest BCUT2D eigenvalue weighted by Gasteiger charge is -2.30. The molecule has 0 aromatic carbocycles. The van der Waals surface area contributed by atoms with Gasteiger partial charge in [0.25, 0.3) is 0 Å². The highest BCUT2D eigenvalue weighted by molar-refractivity contribution is 7.80. The van der Waals surface area contributed by atoms with Gasteiger partial charge in [0.05, 0.1) is 0 Å². The molecule has 0 heterocycles. The van der Waals surface area contributed by atoms with Crippen molar-refractivity contribution in [3.63, 3.8) is 0 Å². The van der Waals surface area contributed by atoms with Crippen LogP contribution < -0.4 is 10.6 Å². The molecule has 13 heavy (non-hydrogen) atoms. The summed E-state index contributed by atoms with van der Waals surface area (Å²) in [5.74, 6) is 0. The highest BCUT2D eigenvalue weighted by atomic mass is 32.1. The van der Waals surface area contributed by atoms with Gasteiger partial charge in [-0.05, 0) is 53.3 Å². The van der Waals surface area contributed by atoms with Gasteiger partial charge in [-0.25, -0.2) is 0 Å². The van der Waals surface area contributed by atoms with Gasteiger partial charge in [-0.1, -0.05) is 6.92 Å². The Morgan fingerprint density at radius 3 is 1.85 bits per heavy atom. The first kappa shape index (κ1) is 12.7. The molecule has 0 unspecified atom stereocenters. The van der Waals surface area contributed by atoms with Crippen molar-refractivity contribution >= 4 is 17.3 Å². The summed E-state index contributed by atoms with van der Waals surface area (Å²) in [4.78, 5) is 0. The van der Waals surface area contributed by atoms with Gasteiger partial charge in [0, 0.05) is 11.1 Å². The summed E-state index contributed by atoms with van der Waals surface area (Å²) in [5.41, 5.74) is 0.114. The molecule has 0 radical (unpaired) electrons. The summed E-state index contributed by atoms with van der Waals surface area (Å²) in [6.45, 7) is 12.7. The molecule has 0 aliphatic rings. The van der Waals surface area contributed by atoms with Crippen LogP contribution in [0.4, 0.5) is 0 Å². The zero-order valence-electron chi connectivity index (χ0n) is 9.62. The number of hydrogen-bond donors (Lipinski definition) is 2. The van der Waals surface area contributed by atoms with E-state index in [1.54, 1.807) is 0 Å². The van der Waals surface area contributed by atoms with Crippen LogP contribution in [0.5, 0.6) is 0 Å². The van der Waals surface area contributed by atoms with E-state index in [0.29, 0.717) is 0 Å². The number of hydrogen-bond acceptors (Lipinski definition) is 1. The Morgan fingerprint density at radius 2 is 1.54 bits per heavy atom. The van der Waals surface area contributed by atoms with E-state index in [1.165, 1.54) is 0 Å². The Balaban J connectivity index is 4.03. The zero-order valence-corrected chi connectivity index (χ0v) is 10.4. The normalized spacial score (nSPS) is 12.5. The Bertz CT molecular complexity index is 180. The van der Waals surface area contributed by atoms with Crippen LogP contribution in [0.3, 0.4) is 0 Å². The third kappa shape index (κ3) is 6.82. The van der Waals surface area contributed by atoms with Crippen LogP contribution in [0, 0.1) is 0 Å². The molecule has 0 aromatic heterocycles. The van der Waals surface area contributed by atoms with E-state index < -0.39 is 0 Å². The summed E-state index contributed by atoms with van der Waals surface area (Å²) in [6, 6.07) is 0.